The summed E-state index contributed by atoms with van der Waals surface area (Å²) in [4.78, 5) is 15.0. The van der Waals surface area contributed by atoms with Crippen LogP contribution in [0.2, 0.25) is 5.02 Å². The number of amides is 1. The SMILES string of the molecule is CC(C)c1ccc(CN(C(=O)c2cc(-c3ccc(Cl)cc3)on2)[C@@H]2CCS(=O)(=O)C2)cc1. The molecular weight excluding hydrogens is 448 g/mol. The molecule has 32 heavy (non-hydrogen) atoms. The molecule has 0 spiro atoms. The second kappa shape index (κ2) is 9.08. The maximum atomic E-state index is 13.4. The number of carbonyl (C=O) groups excluding carboxylic acids is 1. The third kappa shape index (κ3) is 5.05. The first-order valence-corrected chi connectivity index (χ1v) is 12.7. The van der Waals surface area contributed by atoms with Crippen LogP contribution in [0.1, 0.15) is 47.8 Å². The van der Waals surface area contributed by atoms with E-state index in [9.17, 15) is 13.2 Å². The average molecular weight is 473 g/mol. The fourth-order valence-electron chi connectivity index (χ4n) is 3.87. The van der Waals surface area contributed by atoms with Crippen LogP contribution in [0, 0.1) is 0 Å². The highest BCUT2D eigenvalue weighted by molar-refractivity contribution is 7.91. The summed E-state index contributed by atoms with van der Waals surface area (Å²) in [5, 5.41) is 4.57. The van der Waals surface area contributed by atoms with Gasteiger partial charge < -0.3 is 9.42 Å². The molecule has 1 aliphatic rings. The summed E-state index contributed by atoms with van der Waals surface area (Å²) in [7, 11) is -3.16. The number of sulfone groups is 1. The van der Waals surface area contributed by atoms with Crippen molar-refractivity contribution in [2.75, 3.05) is 11.5 Å². The number of halogens is 1. The fourth-order valence-corrected chi connectivity index (χ4v) is 5.72. The number of carbonyl (C=O) groups is 1. The zero-order valence-electron chi connectivity index (χ0n) is 18.0. The van der Waals surface area contributed by atoms with E-state index in [1.165, 1.54) is 5.56 Å². The number of hydrogen-bond donors (Lipinski definition) is 0. The summed E-state index contributed by atoms with van der Waals surface area (Å²) in [6, 6.07) is 16.3. The lowest BCUT2D eigenvalue weighted by molar-refractivity contribution is 0.0670. The van der Waals surface area contributed by atoms with Crippen molar-refractivity contribution in [1.29, 1.82) is 0 Å². The molecule has 0 aliphatic carbocycles. The highest BCUT2D eigenvalue weighted by Crippen LogP contribution is 2.26. The van der Waals surface area contributed by atoms with Crippen molar-refractivity contribution >= 4 is 27.3 Å². The summed E-state index contributed by atoms with van der Waals surface area (Å²) in [5.41, 5.74) is 3.05. The molecule has 1 atom stereocenters. The molecule has 168 valence electrons. The van der Waals surface area contributed by atoms with Crippen molar-refractivity contribution in [3.05, 3.63) is 76.4 Å². The van der Waals surface area contributed by atoms with Gasteiger partial charge in [-0.2, -0.15) is 0 Å². The van der Waals surface area contributed by atoms with Gasteiger partial charge in [-0.1, -0.05) is 54.9 Å². The maximum absolute atomic E-state index is 13.4. The lowest BCUT2D eigenvalue weighted by atomic mass is 10.0. The molecule has 0 N–H and O–H groups in total. The first kappa shape index (κ1) is 22.6. The van der Waals surface area contributed by atoms with Crippen LogP contribution < -0.4 is 0 Å². The molecule has 0 radical (unpaired) electrons. The molecule has 4 rings (SSSR count). The highest BCUT2D eigenvalue weighted by Gasteiger charge is 2.36. The van der Waals surface area contributed by atoms with Crippen molar-refractivity contribution < 1.29 is 17.7 Å². The minimum atomic E-state index is -3.16. The van der Waals surface area contributed by atoms with Gasteiger partial charge in [-0.15, -0.1) is 0 Å². The second-order valence-electron chi connectivity index (χ2n) is 8.47. The van der Waals surface area contributed by atoms with Gasteiger partial charge in [-0.25, -0.2) is 8.42 Å². The van der Waals surface area contributed by atoms with Crippen LogP contribution in [-0.4, -0.2) is 41.9 Å². The first-order chi connectivity index (χ1) is 15.2. The summed E-state index contributed by atoms with van der Waals surface area (Å²) >= 11 is 5.94. The molecule has 1 saturated heterocycles. The van der Waals surface area contributed by atoms with Gasteiger partial charge in [0, 0.05) is 29.2 Å². The van der Waals surface area contributed by atoms with E-state index >= 15 is 0 Å². The Bertz CT molecular complexity index is 1200. The number of benzene rings is 2. The van der Waals surface area contributed by atoms with Gasteiger partial charge in [0.25, 0.3) is 5.91 Å². The van der Waals surface area contributed by atoms with Crippen LogP contribution in [-0.2, 0) is 16.4 Å². The molecular formula is C24H25ClN2O4S. The quantitative estimate of drug-likeness (QED) is 0.507. The molecule has 8 heteroatoms. The van der Waals surface area contributed by atoms with Crippen molar-refractivity contribution in [2.24, 2.45) is 0 Å². The normalized spacial score (nSPS) is 17.6. The van der Waals surface area contributed by atoms with E-state index in [0.29, 0.717) is 29.7 Å². The van der Waals surface area contributed by atoms with Gasteiger partial charge >= 0.3 is 0 Å². The number of nitrogens with zero attached hydrogens (tertiary/aromatic N) is 2. The molecule has 1 aromatic heterocycles. The first-order valence-electron chi connectivity index (χ1n) is 10.5. The van der Waals surface area contributed by atoms with Crippen LogP contribution in [0.5, 0.6) is 0 Å². The molecule has 1 amide bonds. The smallest absolute Gasteiger partial charge is 0.276 e. The Morgan fingerprint density at radius 3 is 2.44 bits per heavy atom. The minimum Gasteiger partial charge on any atom is -0.355 e. The maximum Gasteiger partial charge on any atom is 0.276 e. The van der Waals surface area contributed by atoms with Crippen molar-refractivity contribution in [3.8, 4) is 11.3 Å². The van der Waals surface area contributed by atoms with Gasteiger partial charge in [-0.05, 0) is 47.7 Å². The number of rotatable bonds is 6. The molecule has 0 unspecified atom stereocenters. The Morgan fingerprint density at radius 1 is 1.16 bits per heavy atom. The van der Waals surface area contributed by atoms with Crippen molar-refractivity contribution in [2.45, 2.75) is 38.8 Å². The average Bonchev–Trinajstić information content (AvgIpc) is 3.39. The zero-order chi connectivity index (χ0) is 22.9. The topological polar surface area (TPSA) is 80.5 Å². The number of aromatic nitrogens is 1. The van der Waals surface area contributed by atoms with Gasteiger partial charge in [0.1, 0.15) is 0 Å². The van der Waals surface area contributed by atoms with E-state index in [2.05, 4.69) is 19.0 Å². The van der Waals surface area contributed by atoms with E-state index < -0.39 is 15.9 Å². The van der Waals surface area contributed by atoms with Gasteiger partial charge in [0.2, 0.25) is 0 Å². The minimum absolute atomic E-state index is 0.0370. The highest BCUT2D eigenvalue weighted by atomic mass is 35.5. The molecule has 1 fully saturated rings. The standard InChI is InChI=1S/C24H25ClN2O4S/c1-16(2)18-5-3-17(4-6-18)14-27(21-11-12-32(29,30)15-21)24(28)22-13-23(31-26-22)19-7-9-20(25)10-8-19/h3-10,13,16,21H,11-12,14-15H2,1-2H3/t21-/m1/s1. The third-order valence-corrected chi connectivity index (χ3v) is 7.77. The lowest BCUT2D eigenvalue weighted by Crippen LogP contribution is -2.40. The zero-order valence-corrected chi connectivity index (χ0v) is 19.6. The molecule has 2 aromatic carbocycles. The van der Waals surface area contributed by atoms with Crippen molar-refractivity contribution in [1.82, 2.24) is 10.1 Å². The molecule has 0 bridgehead atoms. The molecule has 1 aliphatic heterocycles. The van der Waals surface area contributed by atoms with Gasteiger partial charge in [0.15, 0.2) is 21.3 Å². The summed E-state index contributed by atoms with van der Waals surface area (Å²) in [6.07, 6.45) is 0.417. The van der Waals surface area contributed by atoms with E-state index in [1.54, 1.807) is 35.2 Å². The van der Waals surface area contributed by atoms with E-state index in [4.69, 9.17) is 16.1 Å². The monoisotopic (exact) mass is 472 g/mol. The van der Waals surface area contributed by atoms with Crippen LogP contribution in [0.3, 0.4) is 0 Å². The predicted molar refractivity (Wildman–Crippen MR) is 124 cm³/mol. The molecule has 3 aromatic rings. The fraction of sp³-hybridized carbons (Fsp3) is 0.333. The van der Waals surface area contributed by atoms with E-state index in [0.717, 1.165) is 11.1 Å². The predicted octanol–water partition coefficient (Wildman–Crippen LogP) is 4.95. The van der Waals surface area contributed by atoms with Crippen LogP contribution in [0.4, 0.5) is 0 Å². The van der Waals surface area contributed by atoms with Gasteiger partial charge in [0.05, 0.1) is 11.5 Å². The second-order valence-corrected chi connectivity index (χ2v) is 11.1. The number of hydrogen-bond acceptors (Lipinski definition) is 5. The lowest BCUT2D eigenvalue weighted by Gasteiger charge is -2.27. The van der Waals surface area contributed by atoms with Crippen molar-refractivity contribution in [3.63, 3.8) is 0 Å². The summed E-state index contributed by atoms with van der Waals surface area (Å²) in [5.74, 6) is 0.560. The Balaban J connectivity index is 1.60. The Hall–Kier alpha value is -2.64. The van der Waals surface area contributed by atoms with Crippen LogP contribution in [0.25, 0.3) is 11.3 Å². The van der Waals surface area contributed by atoms with E-state index in [1.807, 2.05) is 24.3 Å². The largest absolute Gasteiger partial charge is 0.355 e. The van der Waals surface area contributed by atoms with Gasteiger partial charge in [-0.3, -0.25) is 4.79 Å². The summed E-state index contributed by atoms with van der Waals surface area (Å²) < 4.78 is 29.6. The Kier molecular flexibility index (Phi) is 6.40. The van der Waals surface area contributed by atoms with E-state index in [-0.39, 0.29) is 23.1 Å². The molecule has 6 nitrogen and oxygen atoms in total. The summed E-state index contributed by atoms with van der Waals surface area (Å²) in [6.45, 7) is 4.55. The molecule has 2 heterocycles. The molecule has 0 saturated carbocycles. The third-order valence-electron chi connectivity index (χ3n) is 5.77. The van der Waals surface area contributed by atoms with Crippen LogP contribution >= 0.6 is 11.6 Å². The Morgan fingerprint density at radius 2 is 1.84 bits per heavy atom. The van der Waals surface area contributed by atoms with Crippen LogP contribution in [0.15, 0.2) is 59.1 Å². The Labute approximate surface area is 193 Å².